The van der Waals surface area contributed by atoms with Crippen molar-refractivity contribution < 1.29 is 19.1 Å². The quantitative estimate of drug-likeness (QED) is 0.815. The van der Waals surface area contributed by atoms with Crippen LogP contribution >= 0.6 is 11.8 Å². The van der Waals surface area contributed by atoms with Gasteiger partial charge in [0.05, 0.1) is 19.8 Å². The van der Waals surface area contributed by atoms with E-state index in [1.165, 1.54) is 14.2 Å². The zero-order chi connectivity index (χ0) is 18.4. The molecular weight excluding hydrogens is 340 g/mol. The number of benzene rings is 1. The molecule has 25 heavy (non-hydrogen) atoms. The summed E-state index contributed by atoms with van der Waals surface area (Å²) in [6.07, 6.45) is 1.62. The van der Waals surface area contributed by atoms with Gasteiger partial charge in [-0.3, -0.25) is 9.59 Å². The number of amides is 2. The third kappa shape index (κ3) is 2.57. The largest absolute Gasteiger partial charge is 0.493 e. The van der Waals surface area contributed by atoms with Crippen molar-refractivity contribution in [1.82, 2.24) is 10.2 Å². The molecular formula is C18H22N2O4S. The van der Waals surface area contributed by atoms with Gasteiger partial charge < -0.3 is 19.7 Å². The van der Waals surface area contributed by atoms with Gasteiger partial charge >= 0.3 is 0 Å². The van der Waals surface area contributed by atoms with Crippen molar-refractivity contribution in [1.29, 1.82) is 0 Å². The van der Waals surface area contributed by atoms with Crippen molar-refractivity contribution in [3.8, 4) is 11.5 Å². The van der Waals surface area contributed by atoms with E-state index in [0.717, 1.165) is 5.56 Å². The smallest absolute Gasteiger partial charge is 0.260 e. The van der Waals surface area contributed by atoms with Crippen molar-refractivity contribution in [3.05, 3.63) is 35.9 Å². The van der Waals surface area contributed by atoms with Crippen LogP contribution in [0.2, 0.25) is 0 Å². The fourth-order valence-electron chi connectivity index (χ4n) is 3.53. The van der Waals surface area contributed by atoms with Gasteiger partial charge in [-0.1, -0.05) is 12.1 Å². The lowest BCUT2D eigenvalue weighted by molar-refractivity contribution is -0.125. The second-order valence-electron chi connectivity index (χ2n) is 6.49. The van der Waals surface area contributed by atoms with Crippen LogP contribution in [-0.4, -0.2) is 48.3 Å². The van der Waals surface area contributed by atoms with Crippen molar-refractivity contribution in [2.45, 2.75) is 30.0 Å². The summed E-state index contributed by atoms with van der Waals surface area (Å²) in [4.78, 5) is 27.6. The molecule has 1 aromatic carbocycles. The predicted octanol–water partition coefficient (Wildman–Crippen LogP) is 2.35. The summed E-state index contributed by atoms with van der Waals surface area (Å²) < 4.78 is 10.3. The highest BCUT2D eigenvalue weighted by molar-refractivity contribution is 8.01. The second kappa shape index (κ2) is 6.29. The maximum atomic E-state index is 13.2. The fraction of sp³-hybridized carbons (Fsp3) is 0.444. The van der Waals surface area contributed by atoms with E-state index < -0.39 is 10.8 Å². The lowest BCUT2D eigenvalue weighted by Gasteiger charge is -2.29. The highest BCUT2D eigenvalue weighted by Gasteiger charge is 2.58. The monoisotopic (exact) mass is 362 g/mol. The third-order valence-corrected chi connectivity index (χ3v) is 6.10. The molecule has 2 heterocycles. The summed E-state index contributed by atoms with van der Waals surface area (Å²) in [6.45, 7) is 7.96. The van der Waals surface area contributed by atoms with Gasteiger partial charge in [-0.05, 0) is 19.9 Å². The first kappa shape index (κ1) is 17.7. The summed E-state index contributed by atoms with van der Waals surface area (Å²) in [5.74, 6) is 0.551. The minimum Gasteiger partial charge on any atom is -0.493 e. The van der Waals surface area contributed by atoms with Crippen LogP contribution in [0, 0.1) is 0 Å². The molecule has 1 saturated heterocycles. The van der Waals surface area contributed by atoms with Crippen LogP contribution in [0.5, 0.6) is 11.5 Å². The van der Waals surface area contributed by atoms with Gasteiger partial charge in [0.2, 0.25) is 5.91 Å². The number of nitrogens with zero attached hydrogens (tertiary/aromatic N) is 1. The van der Waals surface area contributed by atoms with Crippen LogP contribution < -0.4 is 14.8 Å². The maximum absolute atomic E-state index is 13.2. The summed E-state index contributed by atoms with van der Waals surface area (Å²) in [5.41, 5.74) is 1.34. The first-order valence-corrected chi connectivity index (χ1v) is 8.89. The Kier molecular flexibility index (Phi) is 4.45. The number of ether oxygens (including phenoxy) is 2. The Hall–Kier alpha value is -2.15. The van der Waals surface area contributed by atoms with E-state index in [0.29, 0.717) is 23.6 Å². The maximum Gasteiger partial charge on any atom is 0.260 e. The topological polar surface area (TPSA) is 67.9 Å². The molecule has 0 unspecified atom stereocenters. The van der Waals surface area contributed by atoms with Crippen molar-refractivity contribution in [3.63, 3.8) is 0 Å². The highest BCUT2D eigenvalue weighted by atomic mass is 32.2. The van der Waals surface area contributed by atoms with Gasteiger partial charge in [0.25, 0.3) is 5.91 Å². The number of rotatable bonds is 5. The Morgan fingerprint density at radius 2 is 2.12 bits per heavy atom. The van der Waals surface area contributed by atoms with E-state index in [1.54, 1.807) is 28.8 Å². The van der Waals surface area contributed by atoms with Gasteiger partial charge in [-0.15, -0.1) is 18.3 Å². The Morgan fingerprint density at radius 3 is 2.72 bits per heavy atom. The van der Waals surface area contributed by atoms with Gasteiger partial charge in [0.1, 0.15) is 11.4 Å². The van der Waals surface area contributed by atoms with Crippen molar-refractivity contribution in [2.75, 3.05) is 20.8 Å². The fourth-order valence-corrected chi connectivity index (χ4v) is 5.10. The van der Waals surface area contributed by atoms with E-state index in [4.69, 9.17) is 9.47 Å². The minimum atomic E-state index is -0.571. The molecule has 2 amide bonds. The molecule has 0 bridgehead atoms. The Bertz CT molecular complexity index is 747. The number of nitrogens with one attached hydrogen (secondary N) is 1. The summed E-state index contributed by atoms with van der Waals surface area (Å²) >= 11 is 1.61. The van der Waals surface area contributed by atoms with Crippen LogP contribution in [0.1, 0.15) is 35.1 Å². The van der Waals surface area contributed by atoms with E-state index >= 15 is 0 Å². The number of thioether (sulfide) groups is 1. The summed E-state index contributed by atoms with van der Waals surface area (Å²) in [7, 11) is 3.05. The Morgan fingerprint density at radius 1 is 1.40 bits per heavy atom. The standard InChI is InChI=1S/C18H22N2O4S/c1-6-9-19-15(21)14-18(2,3)25-17-10-7-8-11(23-4)13(24-5)12(10)16(22)20(14)17/h6-8,14,17H,1,9H2,2-5H3,(H,19,21)/t14-,17+/m1/s1. The zero-order valence-electron chi connectivity index (χ0n) is 14.8. The molecule has 1 aromatic rings. The molecule has 2 aliphatic rings. The van der Waals surface area contributed by atoms with Gasteiger partial charge in [-0.25, -0.2) is 0 Å². The Labute approximate surface area is 151 Å². The van der Waals surface area contributed by atoms with Crippen molar-refractivity contribution in [2.24, 2.45) is 0 Å². The van der Waals surface area contributed by atoms with Crippen LogP contribution in [0.15, 0.2) is 24.8 Å². The molecule has 134 valence electrons. The van der Waals surface area contributed by atoms with E-state index in [-0.39, 0.29) is 17.2 Å². The predicted molar refractivity (Wildman–Crippen MR) is 97.1 cm³/mol. The van der Waals surface area contributed by atoms with Gasteiger partial charge in [-0.2, -0.15) is 0 Å². The van der Waals surface area contributed by atoms with Crippen LogP contribution in [0.25, 0.3) is 0 Å². The lowest BCUT2D eigenvalue weighted by Crippen LogP contribution is -2.52. The van der Waals surface area contributed by atoms with E-state index in [1.807, 2.05) is 19.9 Å². The molecule has 2 aliphatic heterocycles. The highest BCUT2D eigenvalue weighted by Crippen LogP contribution is 2.58. The summed E-state index contributed by atoms with van der Waals surface area (Å²) in [6, 6.07) is 3.11. The molecule has 0 aliphatic carbocycles. The van der Waals surface area contributed by atoms with Crippen LogP contribution in [0.3, 0.4) is 0 Å². The molecule has 2 atom stereocenters. The van der Waals surface area contributed by atoms with E-state index in [9.17, 15) is 9.59 Å². The molecule has 0 aromatic heterocycles. The molecule has 0 radical (unpaired) electrons. The number of hydrogen-bond donors (Lipinski definition) is 1. The van der Waals surface area contributed by atoms with Gasteiger partial charge in [0.15, 0.2) is 11.5 Å². The van der Waals surface area contributed by atoms with Crippen LogP contribution in [0.4, 0.5) is 0 Å². The normalized spacial score (nSPS) is 23.0. The molecule has 1 N–H and O–H groups in total. The number of hydrogen-bond acceptors (Lipinski definition) is 5. The van der Waals surface area contributed by atoms with Crippen LogP contribution in [-0.2, 0) is 4.79 Å². The molecule has 0 spiro atoms. The Balaban J connectivity index is 2.06. The molecule has 6 nitrogen and oxygen atoms in total. The number of carbonyl (C=O) groups is 2. The average molecular weight is 362 g/mol. The second-order valence-corrected chi connectivity index (χ2v) is 8.22. The SMILES string of the molecule is C=CCNC(=O)[C@H]1N2C(=O)c3c(ccc(OC)c3OC)[C@@H]2SC1(C)C. The molecule has 1 fully saturated rings. The lowest BCUT2D eigenvalue weighted by atomic mass is 10.0. The first-order valence-electron chi connectivity index (χ1n) is 8.01. The number of carbonyl (C=O) groups excluding carboxylic acids is 2. The molecule has 7 heteroatoms. The average Bonchev–Trinajstić information content (AvgIpc) is 3.01. The van der Waals surface area contributed by atoms with Crippen molar-refractivity contribution >= 4 is 23.6 Å². The molecule has 3 rings (SSSR count). The minimum absolute atomic E-state index is 0.174. The number of fused-ring (bicyclic) bond motifs is 3. The first-order chi connectivity index (χ1) is 11.9. The van der Waals surface area contributed by atoms with E-state index in [2.05, 4.69) is 11.9 Å². The molecule has 0 saturated carbocycles. The summed E-state index contributed by atoms with van der Waals surface area (Å²) in [5, 5.41) is 2.61. The van der Waals surface area contributed by atoms with Gasteiger partial charge in [0, 0.05) is 16.9 Å². The third-order valence-electron chi connectivity index (χ3n) is 4.57. The zero-order valence-corrected chi connectivity index (χ0v) is 15.6. The number of methoxy groups -OCH3 is 2.